The molecule has 2 unspecified atom stereocenters. The minimum atomic E-state index is -1.55. The highest BCUT2D eigenvalue weighted by Gasteiger charge is 2.44. The lowest BCUT2D eigenvalue weighted by atomic mass is 10.0. The fourth-order valence-electron chi connectivity index (χ4n) is 1.91. The zero-order valence-corrected chi connectivity index (χ0v) is 18.3. The third kappa shape index (κ3) is 6.21. The number of Topliss-reactive ketones (excluding diaryl/α,β-unsaturated/α-hetero) is 1. The first-order valence-corrected chi connectivity index (χ1v) is 12.3. The number of ether oxygens (including phenoxy) is 1. The van der Waals surface area contributed by atoms with Crippen LogP contribution in [0.2, 0.25) is 10.0 Å². The SMILES string of the molecule is CCOOC(=O)C(CC(=O)c1cc(Cl)c(C)c(Cl)c1)(OCC)S[PH2]=S. The van der Waals surface area contributed by atoms with Gasteiger partial charge in [-0.2, -0.15) is 4.89 Å². The fraction of sp³-hybridized carbons (Fsp3) is 0.467. The summed E-state index contributed by atoms with van der Waals surface area (Å²) in [6, 6.07) is 3.03. The summed E-state index contributed by atoms with van der Waals surface area (Å²) in [5.41, 5.74) is 0.963. The number of benzene rings is 1. The lowest BCUT2D eigenvalue weighted by Crippen LogP contribution is -2.41. The minimum Gasteiger partial charge on any atom is -0.353 e. The Morgan fingerprint density at radius 3 is 2.32 bits per heavy atom. The highest BCUT2D eigenvalue weighted by Crippen LogP contribution is 2.41. The van der Waals surface area contributed by atoms with Crippen molar-refractivity contribution in [2.24, 2.45) is 0 Å². The quantitative estimate of drug-likeness (QED) is 0.171. The van der Waals surface area contributed by atoms with Crippen molar-refractivity contribution in [2.75, 3.05) is 13.2 Å². The number of hydrogen-bond donors (Lipinski definition) is 0. The predicted molar refractivity (Wildman–Crippen MR) is 107 cm³/mol. The second kappa shape index (κ2) is 10.9. The number of hydrogen-bond acceptors (Lipinski definition) is 7. The molecule has 0 bridgehead atoms. The Morgan fingerprint density at radius 1 is 1.24 bits per heavy atom. The molecule has 0 N–H and O–H groups in total. The van der Waals surface area contributed by atoms with Crippen LogP contribution in [-0.4, -0.2) is 29.9 Å². The number of halogens is 2. The predicted octanol–water partition coefficient (Wildman–Crippen LogP) is 4.62. The van der Waals surface area contributed by atoms with Crippen LogP contribution in [0.5, 0.6) is 0 Å². The van der Waals surface area contributed by atoms with Gasteiger partial charge in [0.1, 0.15) is 0 Å². The summed E-state index contributed by atoms with van der Waals surface area (Å²) < 4.78 is 5.58. The molecule has 0 aliphatic carbocycles. The van der Waals surface area contributed by atoms with Crippen molar-refractivity contribution in [3.63, 3.8) is 0 Å². The highest BCUT2D eigenvalue weighted by molar-refractivity contribution is 8.58. The third-order valence-corrected chi connectivity index (χ3v) is 7.16. The second-order valence-corrected chi connectivity index (χ2v) is 9.76. The first-order chi connectivity index (χ1) is 11.8. The van der Waals surface area contributed by atoms with Crippen LogP contribution in [0.3, 0.4) is 0 Å². The molecule has 0 heterocycles. The number of carbonyl (C=O) groups is 2. The zero-order valence-electron chi connectivity index (χ0n) is 14.0. The number of carbonyl (C=O) groups excluding carboxylic acids is 2. The number of rotatable bonds is 10. The molecule has 10 heteroatoms. The average molecular weight is 445 g/mol. The van der Waals surface area contributed by atoms with Gasteiger partial charge in [0.25, 0.3) is 0 Å². The lowest BCUT2D eigenvalue weighted by molar-refractivity contribution is -0.279. The van der Waals surface area contributed by atoms with E-state index < -0.39 is 17.5 Å². The first kappa shape index (κ1) is 22.9. The van der Waals surface area contributed by atoms with Crippen molar-refractivity contribution in [3.8, 4) is 0 Å². The van der Waals surface area contributed by atoms with Crippen LogP contribution in [0, 0.1) is 6.92 Å². The van der Waals surface area contributed by atoms with E-state index in [1.165, 1.54) is 12.1 Å². The third-order valence-electron chi connectivity index (χ3n) is 3.18. The van der Waals surface area contributed by atoms with Gasteiger partial charge in [-0.15, -0.1) is 0 Å². The average Bonchev–Trinajstić information content (AvgIpc) is 2.57. The molecule has 0 amide bonds. The van der Waals surface area contributed by atoms with E-state index in [2.05, 4.69) is 0 Å². The summed E-state index contributed by atoms with van der Waals surface area (Å²) >= 11 is 18.3. The monoisotopic (exact) mass is 444 g/mol. The Kier molecular flexibility index (Phi) is 9.96. The van der Waals surface area contributed by atoms with Crippen molar-refractivity contribution in [2.45, 2.75) is 32.1 Å². The normalized spacial score (nSPS) is 13.8. The van der Waals surface area contributed by atoms with Gasteiger partial charge in [0.2, 0.25) is 4.93 Å². The summed E-state index contributed by atoms with van der Waals surface area (Å²) in [6.07, 6.45) is -0.267. The molecule has 0 aliphatic rings. The van der Waals surface area contributed by atoms with Crippen molar-refractivity contribution in [1.29, 1.82) is 0 Å². The fourth-order valence-corrected chi connectivity index (χ4v) is 5.69. The Hall–Kier alpha value is -0.140. The Balaban J connectivity index is 3.16. The molecule has 0 spiro atoms. The molecule has 0 fully saturated rings. The molecule has 140 valence electrons. The van der Waals surface area contributed by atoms with Crippen LogP contribution >= 0.6 is 41.1 Å². The van der Waals surface area contributed by atoms with E-state index in [1.807, 2.05) is 0 Å². The van der Waals surface area contributed by atoms with E-state index in [-0.39, 0.29) is 31.0 Å². The van der Waals surface area contributed by atoms with Gasteiger partial charge in [-0.3, -0.25) is 9.68 Å². The van der Waals surface area contributed by atoms with Crippen molar-refractivity contribution in [3.05, 3.63) is 33.3 Å². The maximum absolute atomic E-state index is 12.7. The van der Waals surface area contributed by atoms with Gasteiger partial charge < -0.3 is 4.74 Å². The van der Waals surface area contributed by atoms with E-state index in [1.54, 1.807) is 20.8 Å². The Morgan fingerprint density at radius 2 is 1.84 bits per heavy atom. The molecule has 1 aromatic rings. The summed E-state index contributed by atoms with van der Waals surface area (Å²) in [6.45, 7) is 4.90. The van der Waals surface area contributed by atoms with Gasteiger partial charge in [-0.25, -0.2) is 4.79 Å². The van der Waals surface area contributed by atoms with Gasteiger partial charge in [-0.05, 0) is 45.0 Å². The molecular formula is C15H19Cl2O5PS2. The Labute approximate surface area is 167 Å². The van der Waals surface area contributed by atoms with Gasteiger partial charge in [0.15, 0.2) is 5.78 Å². The molecule has 0 saturated heterocycles. The maximum atomic E-state index is 12.7. The standard InChI is InChI=1S/C15H19Cl2O5PS2/c1-4-20-15(25-23-24,14(19)22-21-5-2)8-13(18)10-6-11(16)9(3)12(17)7-10/h6-7H,4-5,8,23H2,1-3H3. The van der Waals surface area contributed by atoms with Crippen molar-refractivity contribution in [1.82, 2.24) is 0 Å². The molecule has 25 heavy (non-hydrogen) atoms. The van der Waals surface area contributed by atoms with Crippen molar-refractivity contribution >= 4 is 64.7 Å². The summed E-state index contributed by atoms with van der Waals surface area (Å²) in [4.78, 5) is 33.1. The van der Waals surface area contributed by atoms with E-state index in [0.29, 0.717) is 15.6 Å². The summed E-state index contributed by atoms with van der Waals surface area (Å²) in [5, 5.41) is 0.743. The lowest BCUT2D eigenvalue weighted by Gasteiger charge is -2.27. The van der Waals surface area contributed by atoms with Crippen LogP contribution in [0.4, 0.5) is 0 Å². The van der Waals surface area contributed by atoms with Crippen LogP contribution < -0.4 is 0 Å². The smallest absolute Gasteiger partial charge is 0.353 e. The van der Waals surface area contributed by atoms with Gasteiger partial charge >= 0.3 is 5.97 Å². The van der Waals surface area contributed by atoms with E-state index in [9.17, 15) is 9.59 Å². The molecule has 0 radical (unpaired) electrons. The topological polar surface area (TPSA) is 61.8 Å². The summed E-state index contributed by atoms with van der Waals surface area (Å²) in [5.74, 6) is -1.16. The molecule has 1 aromatic carbocycles. The molecule has 0 aliphatic heterocycles. The zero-order chi connectivity index (χ0) is 19.0. The Bertz CT molecular complexity index is 636. The molecule has 0 saturated carbocycles. The summed E-state index contributed by atoms with van der Waals surface area (Å²) in [7, 11) is 0. The van der Waals surface area contributed by atoms with Gasteiger partial charge in [0.05, 0.1) is 13.0 Å². The largest absolute Gasteiger partial charge is 0.384 e. The van der Waals surface area contributed by atoms with Gasteiger partial charge in [-0.1, -0.05) is 46.4 Å². The maximum Gasteiger partial charge on any atom is 0.384 e. The van der Waals surface area contributed by atoms with Gasteiger partial charge in [0, 0.05) is 22.2 Å². The van der Waals surface area contributed by atoms with E-state index >= 15 is 0 Å². The molecular weight excluding hydrogens is 426 g/mol. The molecule has 5 nitrogen and oxygen atoms in total. The molecule has 2 atom stereocenters. The van der Waals surface area contributed by atoms with Crippen LogP contribution in [0.25, 0.3) is 0 Å². The van der Waals surface area contributed by atoms with E-state index in [4.69, 9.17) is 49.5 Å². The number of ketones is 1. The highest BCUT2D eigenvalue weighted by atomic mass is 35.5. The second-order valence-electron chi connectivity index (χ2n) is 4.84. The molecule has 0 aromatic heterocycles. The van der Waals surface area contributed by atoms with E-state index in [0.717, 1.165) is 11.4 Å². The van der Waals surface area contributed by atoms with Crippen molar-refractivity contribution < 1.29 is 24.1 Å². The van der Waals surface area contributed by atoms with Crippen LogP contribution in [-0.2, 0) is 31.1 Å². The van der Waals surface area contributed by atoms with Crippen LogP contribution in [0.15, 0.2) is 12.1 Å². The molecule has 1 rings (SSSR count). The van der Waals surface area contributed by atoms with Crippen LogP contribution in [0.1, 0.15) is 36.2 Å². The first-order valence-electron chi connectivity index (χ1n) is 7.39. The minimum absolute atomic E-state index is 0.177.